The highest BCUT2D eigenvalue weighted by Crippen LogP contribution is 2.33. The summed E-state index contributed by atoms with van der Waals surface area (Å²) in [6.07, 6.45) is 2.85. The summed E-state index contributed by atoms with van der Waals surface area (Å²) in [4.78, 5) is 30.6. The SMILES string of the molecule is NC(=O)c1cc([C@@H]2CCCCN2C(=O)CSc2nc3ccccc3s2)[nH]n1. The minimum Gasteiger partial charge on any atom is -0.364 e. The lowest BCUT2D eigenvalue weighted by molar-refractivity contribution is -0.132. The Morgan fingerprint density at radius 1 is 1.33 bits per heavy atom. The number of hydrogen-bond donors (Lipinski definition) is 2. The summed E-state index contributed by atoms with van der Waals surface area (Å²) < 4.78 is 2.02. The van der Waals surface area contributed by atoms with Crippen LogP contribution < -0.4 is 5.73 Å². The molecule has 1 aromatic carbocycles. The third kappa shape index (κ3) is 3.84. The summed E-state index contributed by atoms with van der Waals surface area (Å²) in [5, 5.41) is 6.82. The van der Waals surface area contributed by atoms with Crippen molar-refractivity contribution in [2.75, 3.05) is 12.3 Å². The molecule has 1 aliphatic heterocycles. The average molecular weight is 402 g/mol. The van der Waals surface area contributed by atoms with Gasteiger partial charge in [-0.15, -0.1) is 11.3 Å². The number of amides is 2. The number of nitrogens with two attached hydrogens (primary N) is 1. The highest BCUT2D eigenvalue weighted by molar-refractivity contribution is 8.01. The van der Waals surface area contributed by atoms with Crippen molar-refractivity contribution in [3.8, 4) is 0 Å². The van der Waals surface area contributed by atoms with E-state index >= 15 is 0 Å². The largest absolute Gasteiger partial charge is 0.364 e. The molecule has 0 bridgehead atoms. The van der Waals surface area contributed by atoms with E-state index in [9.17, 15) is 9.59 Å². The fourth-order valence-electron chi connectivity index (χ4n) is 3.31. The normalized spacial score (nSPS) is 17.3. The molecule has 1 atom stereocenters. The van der Waals surface area contributed by atoms with E-state index in [1.54, 1.807) is 17.4 Å². The minimum absolute atomic E-state index is 0.0687. The molecule has 3 heterocycles. The number of likely N-dealkylation sites (tertiary alicyclic amines) is 1. The predicted octanol–water partition coefficient (Wildman–Crippen LogP) is 2.96. The number of nitrogens with one attached hydrogen (secondary N) is 1. The zero-order chi connectivity index (χ0) is 18.8. The van der Waals surface area contributed by atoms with E-state index in [-0.39, 0.29) is 17.6 Å². The number of fused-ring (bicyclic) bond motifs is 1. The Balaban J connectivity index is 1.45. The van der Waals surface area contributed by atoms with Crippen molar-refractivity contribution in [2.24, 2.45) is 5.73 Å². The number of benzene rings is 1. The summed E-state index contributed by atoms with van der Waals surface area (Å²) in [7, 11) is 0. The minimum atomic E-state index is -0.572. The van der Waals surface area contributed by atoms with E-state index in [2.05, 4.69) is 15.2 Å². The first-order chi connectivity index (χ1) is 13.1. The van der Waals surface area contributed by atoms with Crippen molar-refractivity contribution < 1.29 is 9.59 Å². The molecule has 1 aliphatic rings. The number of thioether (sulfide) groups is 1. The first-order valence-electron chi connectivity index (χ1n) is 8.75. The maximum atomic E-state index is 12.9. The van der Waals surface area contributed by atoms with Crippen LogP contribution in [0.4, 0.5) is 0 Å². The van der Waals surface area contributed by atoms with Gasteiger partial charge in [-0.1, -0.05) is 23.9 Å². The summed E-state index contributed by atoms with van der Waals surface area (Å²) in [5.41, 5.74) is 7.21. The third-order valence-electron chi connectivity index (χ3n) is 4.63. The molecule has 2 aromatic heterocycles. The van der Waals surface area contributed by atoms with Crippen LogP contribution in [-0.2, 0) is 4.79 Å². The number of H-pyrrole nitrogens is 1. The van der Waals surface area contributed by atoms with E-state index in [4.69, 9.17) is 5.73 Å². The average Bonchev–Trinajstić information content (AvgIpc) is 3.33. The summed E-state index contributed by atoms with van der Waals surface area (Å²) >= 11 is 3.07. The summed E-state index contributed by atoms with van der Waals surface area (Å²) in [6.45, 7) is 0.703. The molecule has 1 fully saturated rings. The van der Waals surface area contributed by atoms with Gasteiger partial charge >= 0.3 is 0 Å². The van der Waals surface area contributed by atoms with Gasteiger partial charge in [0.1, 0.15) is 5.69 Å². The zero-order valence-corrected chi connectivity index (χ0v) is 16.2. The maximum absolute atomic E-state index is 12.9. The van der Waals surface area contributed by atoms with Crippen molar-refractivity contribution in [3.05, 3.63) is 41.7 Å². The van der Waals surface area contributed by atoms with Crippen LogP contribution in [0.5, 0.6) is 0 Å². The quantitative estimate of drug-likeness (QED) is 0.640. The number of primary amides is 1. The van der Waals surface area contributed by atoms with Crippen LogP contribution in [0.2, 0.25) is 0 Å². The highest BCUT2D eigenvalue weighted by Gasteiger charge is 2.29. The van der Waals surface area contributed by atoms with Crippen LogP contribution in [0.1, 0.15) is 41.5 Å². The topological polar surface area (TPSA) is 105 Å². The Kier molecular flexibility index (Phi) is 5.13. The monoisotopic (exact) mass is 401 g/mol. The molecule has 0 aliphatic carbocycles. The molecule has 0 spiro atoms. The Morgan fingerprint density at radius 3 is 2.96 bits per heavy atom. The van der Waals surface area contributed by atoms with Gasteiger partial charge in [0.2, 0.25) is 5.91 Å². The number of carbonyl (C=O) groups excluding carboxylic acids is 2. The van der Waals surface area contributed by atoms with Crippen molar-refractivity contribution >= 4 is 45.1 Å². The van der Waals surface area contributed by atoms with Crippen molar-refractivity contribution in [1.29, 1.82) is 0 Å². The number of hydrogen-bond acceptors (Lipinski definition) is 6. The molecule has 3 aromatic rings. The summed E-state index contributed by atoms with van der Waals surface area (Å²) in [5.74, 6) is -0.163. The fraction of sp³-hybridized carbons (Fsp3) is 0.333. The lowest BCUT2D eigenvalue weighted by Gasteiger charge is -2.35. The number of piperidine rings is 1. The first kappa shape index (κ1) is 18.0. The second-order valence-corrected chi connectivity index (χ2v) is 8.66. The van der Waals surface area contributed by atoms with Crippen LogP contribution in [0.25, 0.3) is 10.2 Å². The van der Waals surface area contributed by atoms with Crippen LogP contribution in [0.15, 0.2) is 34.7 Å². The van der Waals surface area contributed by atoms with Crippen molar-refractivity contribution in [3.63, 3.8) is 0 Å². The second kappa shape index (κ2) is 7.69. The van der Waals surface area contributed by atoms with Crippen LogP contribution in [-0.4, -0.2) is 44.2 Å². The van der Waals surface area contributed by atoms with Crippen LogP contribution >= 0.6 is 23.1 Å². The van der Waals surface area contributed by atoms with Crippen molar-refractivity contribution in [2.45, 2.75) is 29.6 Å². The van der Waals surface area contributed by atoms with Gasteiger partial charge in [-0.25, -0.2) is 4.98 Å². The van der Waals surface area contributed by atoms with E-state index in [1.165, 1.54) is 11.8 Å². The number of carbonyl (C=O) groups is 2. The van der Waals surface area contributed by atoms with Gasteiger partial charge in [0, 0.05) is 6.54 Å². The molecule has 27 heavy (non-hydrogen) atoms. The summed E-state index contributed by atoms with van der Waals surface area (Å²) in [6, 6.07) is 9.52. The van der Waals surface area contributed by atoms with E-state index in [0.29, 0.717) is 12.3 Å². The Morgan fingerprint density at radius 2 is 2.19 bits per heavy atom. The van der Waals surface area contributed by atoms with Gasteiger partial charge in [0.05, 0.1) is 27.7 Å². The molecule has 7 nitrogen and oxygen atoms in total. The number of thiazole rings is 1. The van der Waals surface area contributed by atoms with Crippen molar-refractivity contribution in [1.82, 2.24) is 20.1 Å². The standard InChI is InChI=1S/C18H19N5O2S2/c19-17(25)13-9-12(21-22-13)14-6-3-4-8-23(14)16(24)10-26-18-20-11-5-1-2-7-15(11)27-18/h1-2,5,7,9,14H,3-4,6,8,10H2,(H2,19,25)(H,21,22)/t14-/m0/s1. The van der Waals surface area contributed by atoms with Gasteiger partial charge in [-0.3, -0.25) is 14.7 Å². The fourth-order valence-corrected chi connectivity index (χ4v) is 5.26. The Bertz CT molecular complexity index is 950. The number of aromatic amines is 1. The van der Waals surface area contributed by atoms with E-state index in [1.807, 2.05) is 29.2 Å². The molecule has 4 rings (SSSR count). The molecule has 1 saturated heterocycles. The Hall–Kier alpha value is -2.39. The lowest BCUT2D eigenvalue weighted by Crippen LogP contribution is -2.39. The van der Waals surface area contributed by atoms with Gasteiger partial charge in [-0.2, -0.15) is 5.10 Å². The number of rotatable bonds is 5. The van der Waals surface area contributed by atoms with Gasteiger partial charge in [0.25, 0.3) is 5.91 Å². The molecule has 9 heteroatoms. The molecule has 140 valence electrons. The smallest absolute Gasteiger partial charge is 0.269 e. The van der Waals surface area contributed by atoms with Gasteiger partial charge < -0.3 is 10.6 Å². The van der Waals surface area contributed by atoms with Gasteiger partial charge in [-0.05, 0) is 37.5 Å². The Labute approximate surface area is 164 Å². The van der Waals surface area contributed by atoms with E-state index < -0.39 is 5.91 Å². The first-order valence-corrected chi connectivity index (χ1v) is 10.5. The number of para-hydroxylation sites is 1. The lowest BCUT2D eigenvalue weighted by atomic mass is 9.99. The molecule has 0 radical (unpaired) electrons. The van der Waals surface area contributed by atoms with Crippen LogP contribution in [0, 0.1) is 0 Å². The molecule has 0 unspecified atom stereocenters. The molecular weight excluding hydrogens is 382 g/mol. The number of aromatic nitrogens is 3. The molecule has 0 saturated carbocycles. The second-order valence-electron chi connectivity index (χ2n) is 6.41. The predicted molar refractivity (Wildman–Crippen MR) is 106 cm³/mol. The number of nitrogens with zero attached hydrogens (tertiary/aromatic N) is 3. The molecular formula is C18H19N5O2S2. The highest BCUT2D eigenvalue weighted by atomic mass is 32.2. The van der Waals surface area contributed by atoms with E-state index in [0.717, 1.165) is 39.5 Å². The molecule has 2 amide bonds. The van der Waals surface area contributed by atoms with Gasteiger partial charge in [0.15, 0.2) is 4.34 Å². The maximum Gasteiger partial charge on any atom is 0.269 e. The zero-order valence-electron chi connectivity index (χ0n) is 14.6. The molecule has 3 N–H and O–H groups in total. The van der Waals surface area contributed by atoms with Crippen LogP contribution in [0.3, 0.4) is 0 Å². The third-order valence-corrected chi connectivity index (χ3v) is 6.79.